The summed E-state index contributed by atoms with van der Waals surface area (Å²) >= 11 is 0. The zero-order valence-electron chi connectivity index (χ0n) is 23.2. The van der Waals surface area contributed by atoms with Crippen LogP contribution in [-0.2, 0) is 19.1 Å². The first kappa shape index (κ1) is 28.0. The molecule has 2 atom stereocenters. The predicted octanol–water partition coefficient (Wildman–Crippen LogP) is 4.27. The lowest BCUT2D eigenvalue weighted by Crippen LogP contribution is -2.36. The molecule has 0 bridgehead atoms. The minimum Gasteiger partial charge on any atom is -0.496 e. The summed E-state index contributed by atoms with van der Waals surface area (Å²) < 4.78 is 32.9. The van der Waals surface area contributed by atoms with E-state index in [2.05, 4.69) is 5.32 Å². The summed E-state index contributed by atoms with van der Waals surface area (Å²) in [7, 11) is 7.74. The molecule has 0 saturated carbocycles. The number of esters is 1. The summed E-state index contributed by atoms with van der Waals surface area (Å²) in [5, 5.41) is 3.37. The highest BCUT2D eigenvalue weighted by Crippen LogP contribution is 2.49. The summed E-state index contributed by atoms with van der Waals surface area (Å²) in [6.07, 6.45) is 0.846. The molecule has 0 spiro atoms. The summed E-state index contributed by atoms with van der Waals surface area (Å²) in [6.45, 7) is 2.16. The van der Waals surface area contributed by atoms with Crippen molar-refractivity contribution in [1.82, 2.24) is 5.32 Å². The van der Waals surface area contributed by atoms with E-state index in [1.807, 2.05) is 31.2 Å². The fourth-order valence-corrected chi connectivity index (χ4v) is 5.43. The van der Waals surface area contributed by atoms with Gasteiger partial charge in [-0.15, -0.1) is 0 Å². The number of methoxy groups -OCH3 is 5. The Hall–Kier alpha value is -3.98. The summed E-state index contributed by atoms with van der Waals surface area (Å²) in [4.78, 5) is 27.4. The molecule has 0 aromatic heterocycles. The van der Waals surface area contributed by atoms with Crippen LogP contribution in [0.2, 0.25) is 0 Å². The van der Waals surface area contributed by atoms with E-state index in [0.717, 1.165) is 17.0 Å². The summed E-state index contributed by atoms with van der Waals surface area (Å²) in [5.41, 5.74) is 3.89. The third-order valence-corrected chi connectivity index (χ3v) is 7.17. The van der Waals surface area contributed by atoms with Gasteiger partial charge >= 0.3 is 5.97 Å². The average Bonchev–Trinajstić information content (AvgIpc) is 2.95. The van der Waals surface area contributed by atoms with Gasteiger partial charge in [-0.05, 0) is 42.7 Å². The monoisotopic (exact) mass is 537 g/mol. The Morgan fingerprint density at radius 3 is 2.18 bits per heavy atom. The van der Waals surface area contributed by atoms with Crippen LogP contribution < -0.4 is 24.3 Å². The first-order chi connectivity index (χ1) is 18.9. The highest BCUT2D eigenvalue weighted by molar-refractivity contribution is 6.04. The number of para-hydroxylation sites is 1. The molecule has 1 heterocycles. The van der Waals surface area contributed by atoms with E-state index in [4.69, 9.17) is 28.4 Å². The number of carbonyl (C=O) groups excluding carboxylic acids is 2. The Balaban J connectivity index is 1.85. The molecule has 9 heteroatoms. The van der Waals surface area contributed by atoms with Gasteiger partial charge in [-0.3, -0.25) is 4.79 Å². The smallest absolute Gasteiger partial charge is 0.336 e. The summed E-state index contributed by atoms with van der Waals surface area (Å²) in [6, 6.07) is 11.3. The predicted molar refractivity (Wildman–Crippen MR) is 145 cm³/mol. The molecule has 208 valence electrons. The SMILES string of the molecule is COCCOC(=O)C1=C(C)NC2=C(C(=O)C[C@H](c3ccccc3OC)C2)[C@@H]1c1cc(OC)c(OC)c(OC)c1. The molecule has 0 radical (unpaired) electrons. The van der Waals surface area contributed by atoms with E-state index in [9.17, 15) is 9.59 Å². The molecule has 4 rings (SSSR count). The number of nitrogens with one attached hydrogen (secondary N) is 1. The fraction of sp³-hybridized carbons (Fsp3) is 0.400. The molecule has 39 heavy (non-hydrogen) atoms. The Morgan fingerprint density at radius 2 is 1.56 bits per heavy atom. The average molecular weight is 538 g/mol. The van der Waals surface area contributed by atoms with E-state index >= 15 is 0 Å². The molecule has 0 fully saturated rings. The number of benzene rings is 2. The van der Waals surface area contributed by atoms with Gasteiger partial charge in [0, 0.05) is 42.3 Å². The molecule has 1 N–H and O–H groups in total. The fourth-order valence-electron chi connectivity index (χ4n) is 5.43. The van der Waals surface area contributed by atoms with Crippen LogP contribution in [0.4, 0.5) is 0 Å². The summed E-state index contributed by atoms with van der Waals surface area (Å²) in [5.74, 6) is 0.642. The van der Waals surface area contributed by atoms with Crippen molar-refractivity contribution in [2.45, 2.75) is 31.6 Å². The van der Waals surface area contributed by atoms with E-state index in [1.54, 1.807) is 19.2 Å². The van der Waals surface area contributed by atoms with Gasteiger partial charge < -0.3 is 33.7 Å². The van der Waals surface area contributed by atoms with E-state index in [1.165, 1.54) is 28.4 Å². The molecular formula is C30H35NO8. The minimum atomic E-state index is -0.698. The van der Waals surface area contributed by atoms with Gasteiger partial charge in [0.15, 0.2) is 17.3 Å². The zero-order chi connectivity index (χ0) is 28.1. The number of ketones is 1. The normalized spacial score (nSPS) is 18.8. The second-order valence-corrected chi connectivity index (χ2v) is 9.35. The molecule has 1 aliphatic carbocycles. The second kappa shape index (κ2) is 12.3. The maximum Gasteiger partial charge on any atom is 0.336 e. The molecule has 0 saturated heterocycles. The van der Waals surface area contributed by atoms with Crippen LogP contribution >= 0.6 is 0 Å². The lowest BCUT2D eigenvalue weighted by atomic mass is 9.71. The first-order valence-corrected chi connectivity index (χ1v) is 12.7. The van der Waals surface area contributed by atoms with Crippen molar-refractivity contribution in [1.29, 1.82) is 0 Å². The van der Waals surface area contributed by atoms with Crippen LogP contribution in [0.5, 0.6) is 23.0 Å². The number of ether oxygens (including phenoxy) is 6. The molecule has 2 aliphatic rings. The minimum absolute atomic E-state index is 0.0619. The molecule has 9 nitrogen and oxygen atoms in total. The lowest BCUT2D eigenvalue weighted by Gasteiger charge is -2.37. The van der Waals surface area contributed by atoms with E-state index in [0.29, 0.717) is 46.1 Å². The number of dihydropyridines is 1. The highest BCUT2D eigenvalue weighted by Gasteiger charge is 2.42. The maximum atomic E-state index is 13.9. The van der Waals surface area contributed by atoms with Crippen molar-refractivity contribution >= 4 is 11.8 Å². The lowest BCUT2D eigenvalue weighted by molar-refractivity contribution is -0.140. The Morgan fingerprint density at radius 1 is 0.897 bits per heavy atom. The van der Waals surface area contributed by atoms with E-state index in [-0.39, 0.29) is 31.3 Å². The number of rotatable bonds is 10. The largest absolute Gasteiger partial charge is 0.496 e. The van der Waals surface area contributed by atoms with Gasteiger partial charge in [-0.2, -0.15) is 0 Å². The van der Waals surface area contributed by atoms with Crippen molar-refractivity contribution in [3.8, 4) is 23.0 Å². The third kappa shape index (κ3) is 5.45. The van der Waals surface area contributed by atoms with Crippen LogP contribution in [0, 0.1) is 0 Å². The topological polar surface area (TPSA) is 102 Å². The maximum absolute atomic E-state index is 13.9. The van der Waals surface area contributed by atoms with Crippen LogP contribution in [0.25, 0.3) is 0 Å². The Bertz CT molecular complexity index is 1290. The van der Waals surface area contributed by atoms with Gasteiger partial charge in [0.05, 0.1) is 40.6 Å². The Kier molecular flexibility index (Phi) is 8.81. The number of hydrogen-bond donors (Lipinski definition) is 1. The molecule has 2 aromatic rings. The number of Topliss-reactive ketones (excluding diaryl/α,β-unsaturated/α-hetero) is 1. The van der Waals surface area contributed by atoms with Crippen molar-refractivity contribution in [3.63, 3.8) is 0 Å². The van der Waals surface area contributed by atoms with Crippen molar-refractivity contribution < 1.29 is 38.0 Å². The van der Waals surface area contributed by atoms with Crippen LogP contribution in [0.3, 0.4) is 0 Å². The molecule has 2 aromatic carbocycles. The highest BCUT2D eigenvalue weighted by atomic mass is 16.6. The number of allylic oxidation sites excluding steroid dienone is 3. The van der Waals surface area contributed by atoms with Crippen LogP contribution in [-0.4, -0.2) is 60.5 Å². The first-order valence-electron chi connectivity index (χ1n) is 12.7. The van der Waals surface area contributed by atoms with Crippen molar-refractivity contribution in [3.05, 3.63) is 70.1 Å². The molecule has 1 aliphatic heterocycles. The second-order valence-electron chi connectivity index (χ2n) is 9.35. The third-order valence-electron chi connectivity index (χ3n) is 7.17. The van der Waals surface area contributed by atoms with Gasteiger partial charge in [0.1, 0.15) is 12.4 Å². The van der Waals surface area contributed by atoms with Crippen LogP contribution in [0.15, 0.2) is 58.9 Å². The molecule has 0 amide bonds. The van der Waals surface area contributed by atoms with Gasteiger partial charge in [0.25, 0.3) is 0 Å². The van der Waals surface area contributed by atoms with Crippen molar-refractivity contribution in [2.75, 3.05) is 48.8 Å². The van der Waals surface area contributed by atoms with Crippen molar-refractivity contribution in [2.24, 2.45) is 0 Å². The van der Waals surface area contributed by atoms with E-state index < -0.39 is 11.9 Å². The number of hydrogen-bond acceptors (Lipinski definition) is 9. The van der Waals surface area contributed by atoms with Gasteiger partial charge in [-0.1, -0.05) is 18.2 Å². The Labute approximate surface area is 228 Å². The van der Waals surface area contributed by atoms with Crippen LogP contribution in [0.1, 0.15) is 42.7 Å². The zero-order valence-corrected chi connectivity index (χ0v) is 23.2. The quantitative estimate of drug-likeness (QED) is 0.352. The molecule has 0 unspecified atom stereocenters. The van der Waals surface area contributed by atoms with Gasteiger partial charge in [-0.25, -0.2) is 4.79 Å². The number of carbonyl (C=O) groups is 2. The standard InChI is InChI=1S/C30H35NO8/c1-17-26(30(33)39-12-11-34-2)27(19-15-24(36-4)29(38-6)25(16-19)37-5)28-21(31-17)13-18(14-22(28)32)20-9-7-8-10-23(20)35-3/h7-10,15-16,18,27,31H,11-14H2,1-6H3/t18-,27-/m1/s1. The molecular weight excluding hydrogens is 502 g/mol. The van der Waals surface area contributed by atoms with Gasteiger partial charge in [0.2, 0.25) is 5.75 Å².